The molecule has 0 heterocycles. The lowest BCUT2D eigenvalue weighted by molar-refractivity contribution is 0.645. The first-order valence-corrected chi connectivity index (χ1v) is 7.70. The molecule has 102 valence electrons. The summed E-state index contributed by atoms with van der Waals surface area (Å²) in [7, 11) is 0. The second kappa shape index (κ2) is 7.80. The summed E-state index contributed by atoms with van der Waals surface area (Å²) in [6, 6.07) is 6.89. The zero-order chi connectivity index (χ0) is 13.5. The van der Waals surface area contributed by atoms with Gasteiger partial charge in [-0.25, -0.2) is 0 Å². The molecule has 18 heavy (non-hydrogen) atoms. The van der Waals surface area contributed by atoms with Crippen LogP contribution in [0.5, 0.6) is 0 Å². The van der Waals surface area contributed by atoms with E-state index in [9.17, 15) is 0 Å². The normalized spacial score (nSPS) is 12.5. The van der Waals surface area contributed by atoms with Crippen LogP contribution in [0.15, 0.2) is 22.7 Å². The standard InChI is InChI=1S/C15H25BrN2/c1-4-9-18(6-3)14-8-7-12(15(16)11-14)10-13(17)5-2/h7-8,11,13H,4-6,9-10,17H2,1-3H3. The van der Waals surface area contributed by atoms with Crippen LogP contribution in [0, 0.1) is 0 Å². The van der Waals surface area contributed by atoms with Gasteiger partial charge in [-0.15, -0.1) is 0 Å². The van der Waals surface area contributed by atoms with E-state index in [0.29, 0.717) is 0 Å². The summed E-state index contributed by atoms with van der Waals surface area (Å²) in [5.41, 5.74) is 8.61. The third kappa shape index (κ3) is 4.29. The van der Waals surface area contributed by atoms with Crippen LogP contribution in [-0.4, -0.2) is 19.1 Å². The average Bonchev–Trinajstić information content (AvgIpc) is 2.38. The molecular formula is C15H25BrN2. The summed E-state index contributed by atoms with van der Waals surface area (Å²) in [5.74, 6) is 0. The van der Waals surface area contributed by atoms with E-state index in [0.717, 1.165) is 25.9 Å². The van der Waals surface area contributed by atoms with E-state index in [1.165, 1.54) is 22.1 Å². The maximum Gasteiger partial charge on any atom is 0.0377 e. The van der Waals surface area contributed by atoms with Crippen molar-refractivity contribution in [3.8, 4) is 0 Å². The van der Waals surface area contributed by atoms with Gasteiger partial charge in [0.05, 0.1) is 0 Å². The minimum atomic E-state index is 0.255. The number of hydrogen-bond donors (Lipinski definition) is 1. The predicted molar refractivity (Wildman–Crippen MR) is 84.3 cm³/mol. The fraction of sp³-hybridized carbons (Fsp3) is 0.600. The Bertz CT molecular complexity index is 366. The first-order valence-electron chi connectivity index (χ1n) is 6.91. The molecule has 1 unspecified atom stereocenters. The Hall–Kier alpha value is -0.540. The maximum atomic E-state index is 6.01. The molecule has 0 bridgehead atoms. The Balaban J connectivity index is 2.83. The van der Waals surface area contributed by atoms with Crippen LogP contribution >= 0.6 is 15.9 Å². The molecular weight excluding hydrogens is 288 g/mol. The third-order valence-electron chi connectivity index (χ3n) is 3.28. The molecule has 0 saturated carbocycles. The molecule has 3 heteroatoms. The summed E-state index contributed by atoms with van der Waals surface area (Å²) in [6.07, 6.45) is 3.14. The van der Waals surface area contributed by atoms with Crippen LogP contribution in [0.25, 0.3) is 0 Å². The van der Waals surface area contributed by atoms with Crippen molar-refractivity contribution in [1.29, 1.82) is 0 Å². The van der Waals surface area contributed by atoms with E-state index in [2.05, 4.69) is 59.8 Å². The number of hydrogen-bond acceptors (Lipinski definition) is 2. The highest BCUT2D eigenvalue weighted by molar-refractivity contribution is 9.10. The minimum absolute atomic E-state index is 0.255. The van der Waals surface area contributed by atoms with Gasteiger partial charge in [-0.05, 0) is 43.9 Å². The van der Waals surface area contributed by atoms with Crippen molar-refractivity contribution >= 4 is 21.6 Å². The molecule has 0 radical (unpaired) electrons. The fourth-order valence-corrected chi connectivity index (χ4v) is 2.59. The molecule has 0 aromatic heterocycles. The highest BCUT2D eigenvalue weighted by Crippen LogP contribution is 2.25. The van der Waals surface area contributed by atoms with Gasteiger partial charge >= 0.3 is 0 Å². The molecule has 0 aliphatic heterocycles. The molecule has 1 rings (SSSR count). The highest BCUT2D eigenvalue weighted by Gasteiger charge is 2.09. The predicted octanol–water partition coefficient (Wildman–Crippen LogP) is 3.97. The highest BCUT2D eigenvalue weighted by atomic mass is 79.9. The Morgan fingerprint density at radius 1 is 1.28 bits per heavy atom. The van der Waals surface area contributed by atoms with Crippen molar-refractivity contribution < 1.29 is 0 Å². The molecule has 1 aromatic rings. The molecule has 0 aliphatic rings. The van der Waals surface area contributed by atoms with Gasteiger partial charge < -0.3 is 10.6 Å². The number of rotatable bonds is 7. The number of anilines is 1. The van der Waals surface area contributed by atoms with Gasteiger partial charge in [0.2, 0.25) is 0 Å². The van der Waals surface area contributed by atoms with E-state index in [-0.39, 0.29) is 6.04 Å². The number of benzene rings is 1. The number of nitrogens with zero attached hydrogens (tertiary/aromatic N) is 1. The molecule has 0 fully saturated rings. The van der Waals surface area contributed by atoms with Gasteiger partial charge in [-0.1, -0.05) is 35.8 Å². The first-order chi connectivity index (χ1) is 8.62. The second-order valence-corrected chi connectivity index (χ2v) is 5.58. The lowest BCUT2D eigenvalue weighted by Crippen LogP contribution is -2.24. The summed E-state index contributed by atoms with van der Waals surface area (Å²) in [6.45, 7) is 8.70. The topological polar surface area (TPSA) is 29.3 Å². The number of nitrogens with two attached hydrogens (primary N) is 1. The van der Waals surface area contributed by atoms with Crippen molar-refractivity contribution in [2.24, 2.45) is 5.73 Å². The molecule has 2 nitrogen and oxygen atoms in total. The lowest BCUT2D eigenvalue weighted by atomic mass is 10.0. The molecule has 1 atom stereocenters. The minimum Gasteiger partial charge on any atom is -0.372 e. The Morgan fingerprint density at radius 2 is 2.00 bits per heavy atom. The molecule has 2 N–H and O–H groups in total. The van der Waals surface area contributed by atoms with E-state index in [1.54, 1.807) is 0 Å². The van der Waals surface area contributed by atoms with E-state index in [4.69, 9.17) is 5.73 Å². The first kappa shape index (κ1) is 15.5. The van der Waals surface area contributed by atoms with Crippen molar-refractivity contribution in [3.63, 3.8) is 0 Å². The zero-order valence-corrected chi connectivity index (χ0v) is 13.3. The monoisotopic (exact) mass is 312 g/mol. The van der Waals surface area contributed by atoms with Gasteiger partial charge in [0.15, 0.2) is 0 Å². The van der Waals surface area contributed by atoms with E-state index >= 15 is 0 Å². The van der Waals surface area contributed by atoms with Crippen molar-refractivity contribution in [2.75, 3.05) is 18.0 Å². The Labute approximate surface area is 120 Å². The van der Waals surface area contributed by atoms with Gasteiger partial charge in [0, 0.05) is 29.3 Å². The molecule has 1 aromatic carbocycles. The van der Waals surface area contributed by atoms with Crippen LogP contribution in [-0.2, 0) is 6.42 Å². The summed E-state index contributed by atoms with van der Waals surface area (Å²) < 4.78 is 1.18. The Morgan fingerprint density at radius 3 is 2.50 bits per heavy atom. The quantitative estimate of drug-likeness (QED) is 0.825. The van der Waals surface area contributed by atoms with Gasteiger partial charge in [-0.3, -0.25) is 0 Å². The molecule has 0 aliphatic carbocycles. The second-order valence-electron chi connectivity index (χ2n) is 4.73. The zero-order valence-electron chi connectivity index (χ0n) is 11.7. The van der Waals surface area contributed by atoms with Crippen LogP contribution < -0.4 is 10.6 Å². The molecule has 0 amide bonds. The van der Waals surface area contributed by atoms with Crippen molar-refractivity contribution in [2.45, 2.75) is 46.1 Å². The van der Waals surface area contributed by atoms with E-state index < -0.39 is 0 Å². The summed E-state index contributed by atoms with van der Waals surface area (Å²) in [5, 5.41) is 0. The SMILES string of the molecule is CCCN(CC)c1ccc(CC(N)CC)c(Br)c1. The fourth-order valence-electron chi connectivity index (χ4n) is 2.06. The van der Waals surface area contributed by atoms with Crippen LogP contribution in [0.3, 0.4) is 0 Å². The van der Waals surface area contributed by atoms with Crippen molar-refractivity contribution in [1.82, 2.24) is 0 Å². The molecule has 0 saturated heterocycles. The van der Waals surface area contributed by atoms with Crippen LogP contribution in [0.4, 0.5) is 5.69 Å². The lowest BCUT2D eigenvalue weighted by Gasteiger charge is -2.23. The van der Waals surface area contributed by atoms with E-state index in [1.807, 2.05) is 0 Å². The van der Waals surface area contributed by atoms with Gasteiger partial charge in [0.1, 0.15) is 0 Å². The smallest absolute Gasteiger partial charge is 0.0377 e. The Kier molecular flexibility index (Phi) is 6.72. The van der Waals surface area contributed by atoms with Gasteiger partial charge in [0.25, 0.3) is 0 Å². The number of halogens is 1. The third-order valence-corrected chi connectivity index (χ3v) is 4.02. The average molecular weight is 313 g/mol. The molecule has 0 spiro atoms. The van der Waals surface area contributed by atoms with Crippen LogP contribution in [0.1, 0.15) is 39.2 Å². The largest absolute Gasteiger partial charge is 0.372 e. The summed E-state index contributed by atoms with van der Waals surface area (Å²) >= 11 is 3.67. The van der Waals surface area contributed by atoms with Crippen LogP contribution in [0.2, 0.25) is 0 Å². The van der Waals surface area contributed by atoms with Gasteiger partial charge in [-0.2, -0.15) is 0 Å². The summed E-state index contributed by atoms with van der Waals surface area (Å²) in [4.78, 5) is 2.40. The maximum absolute atomic E-state index is 6.01. The van der Waals surface area contributed by atoms with Crippen molar-refractivity contribution in [3.05, 3.63) is 28.2 Å².